The highest BCUT2D eigenvalue weighted by atomic mass is 19.1. The molecule has 194 valence electrons. The van der Waals surface area contributed by atoms with Gasteiger partial charge in [-0.3, -0.25) is 20.5 Å². The Labute approximate surface area is 202 Å². The zero-order chi connectivity index (χ0) is 24.8. The molecule has 2 atom stereocenters. The summed E-state index contributed by atoms with van der Waals surface area (Å²) in [5, 5.41) is 11.2. The number of carbonyl (C=O) groups is 2. The van der Waals surface area contributed by atoms with E-state index in [-0.39, 0.29) is 30.0 Å². The standard InChI is InChI=1S/C22H33F2N7O4/c23-10-17-26-19(18(24)20(27-17)31-6-5-30-7-8-35-13-16(30)12-31)28-29-21(32)15(11-25-22(33)34)9-14-3-1-2-4-14/h14-16,25H,1-13H2,(H,29,32)(H,33,34)(H,26,27,28)/t15-,16+/m1/s1. The van der Waals surface area contributed by atoms with E-state index in [4.69, 9.17) is 9.84 Å². The molecular formula is C22H33F2N7O4. The summed E-state index contributed by atoms with van der Waals surface area (Å²) >= 11 is 0. The lowest BCUT2D eigenvalue weighted by Gasteiger charge is -2.44. The van der Waals surface area contributed by atoms with Crippen molar-refractivity contribution < 1.29 is 28.2 Å². The second-order valence-electron chi connectivity index (χ2n) is 9.35. The zero-order valence-corrected chi connectivity index (χ0v) is 19.6. The average Bonchev–Trinajstić information content (AvgIpc) is 3.38. The van der Waals surface area contributed by atoms with E-state index in [9.17, 15) is 14.0 Å². The van der Waals surface area contributed by atoms with Crippen molar-refractivity contribution in [3.8, 4) is 0 Å². The summed E-state index contributed by atoms with van der Waals surface area (Å²) in [7, 11) is 0. The first-order valence-corrected chi connectivity index (χ1v) is 12.2. The molecule has 3 aliphatic rings. The van der Waals surface area contributed by atoms with Crippen LogP contribution in [0.4, 0.5) is 25.2 Å². The lowest BCUT2D eigenvalue weighted by atomic mass is 9.92. The zero-order valence-electron chi connectivity index (χ0n) is 19.6. The van der Waals surface area contributed by atoms with Crippen LogP contribution in [-0.4, -0.2) is 84.0 Å². The number of alkyl halides is 1. The number of amides is 2. The molecule has 0 unspecified atom stereocenters. The quantitative estimate of drug-likeness (QED) is 0.375. The number of nitrogens with zero attached hydrogens (tertiary/aromatic N) is 4. The summed E-state index contributed by atoms with van der Waals surface area (Å²) < 4.78 is 34.4. The normalized spacial score (nSPS) is 21.9. The molecule has 13 heteroatoms. The van der Waals surface area contributed by atoms with Gasteiger partial charge in [-0.05, 0) is 12.3 Å². The predicted molar refractivity (Wildman–Crippen MR) is 123 cm³/mol. The van der Waals surface area contributed by atoms with Crippen LogP contribution in [0.15, 0.2) is 0 Å². The Bertz CT molecular complexity index is 903. The summed E-state index contributed by atoms with van der Waals surface area (Å²) in [6, 6.07) is 0.0925. The molecule has 4 rings (SSSR count). The number of rotatable bonds is 9. The molecule has 0 bridgehead atoms. The van der Waals surface area contributed by atoms with Crippen molar-refractivity contribution in [2.75, 3.05) is 56.3 Å². The molecule has 0 radical (unpaired) electrons. The van der Waals surface area contributed by atoms with Gasteiger partial charge >= 0.3 is 6.09 Å². The van der Waals surface area contributed by atoms with E-state index in [0.717, 1.165) is 32.2 Å². The monoisotopic (exact) mass is 497 g/mol. The van der Waals surface area contributed by atoms with Crippen LogP contribution in [0.25, 0.3) is 0 Å². The molecule has 2 saturated heterocycles. The number of hydrazine groups is 1. The van der Waals surface area contributed by atoms with Crippen LogP contribution in [0.5, 0.6) is 0 Å². The minimum Gasteiger partial charge on any atom is -0.465 e. The summed E-state index contributed by atoms with van der Waals surface area (Å²) in [6.07, 6.45) is 3.47. The van der Waals surface area contributed by atoms with Gasteiger partial charge in [-0.2, -0.15) is 4.39 Å². The third kappa shape index (κ3) is 6.45. The number of hydrogen-bond donors (Lipinski definition) is 4. The first-order valence-electron chi connectivity index (χ1n) is 12.2. The van der Waals surface area contributed by atoms with E-state index in [1.165, 1.54) is 0 Å². The molecule has 0 aromatic carbocycles. The molecule has 3 fully saturated rings. The Hall–Kier alpha value is -2.80. The Morgan fingerprint density at radius 2 is 2.00 bits per heavy atom. The maximum absolute atomic E-state index is 15.4. The average molecular weight is 498 g/mol. The highest BCUT2D eigenvalue weighted by Gasteiger charge is 2.32. The minimum absolute atomic E-state index is 0.0235. The van der Waals surface area contributed by atoms with Crippen molar-refractivity contribution in [2.24, 2.45) is 11.8 Å². The number of nitrogens with one attached hydrogen (secondary N) is 3. The molecule has 1 aromatic rings. The van der Waals surface area contributed by atoms with Gasteiger partial charge in [-0.1, -0.05) is 25.7 Å². The fraction of sp³-hybridized carbons (Fsp3) is 0.727. The molecule has 1 saturated carbocycles. The summed E-state index contributed by atoms with van der Waals surface area (Å²) in [4.78, 5) is 35.8. The molecule has 1 aromatic heterocycles. The van der Waals surface area contributed by atoms with Gasteiger partial charge in [0.15, 0.2) is 17.5 Å². The summed E-state index contributed by atoms with van der Waals surface area (Å²) in [6.45, 7) is 2.69. The smallest absolute Gasteiger partial charge is 0.404 e. The second-order valence-corrected chi connectivity index (χ2v) is 9.35. The third-order valence-electron chi connectivity index (χ3n) is 7.00. The highest BCUT2D eigenvalue weighted by Crippen LogP contribution is 2.30. The first kappa shape index (κ1) is 25.3. The largest absolute Gasteiger partial charge is 0.465 e. The number of halogens is 2. The lowest BCUT2D eigenvalue weighted by Crippen LogP contribution is -2.58. The number of fused-ring (bicyclic) bond motifs is 1. The molecule has 4 N–H and O–H groups in total. The molecule has 35 heavy (non-hydrogen) atoms. The van der Waals surface area contributed by atoms with Crippen molar-refractivity contribution in [2.45, 2.75) is 44.8 Å². The van der Waals surface area contributed by atoms with Crippen molar-refractivity contribution in [3.63, 3.8) is 0 Å². The fourth-order valence-electron chi connectivity index (χ4n) is 5.14. The van der Waals surface area contributed by atoms with Gasteiger partial charge in [0.05, 0.1) is 25.2 Å². The lowest BCUT2D eigenvalue weighted by molar-refractivity contribution is -0.124. The summed E-state index contributed by atoms with van der Waals surface area (Å²) in [5.74, 6) is -2.12. The van der Waals surface area contributed by atoms with E-state index < -0.39 is 30.4 Å². The maximum Gasteiger partial charge on any atom is 0.404 e. The van der Waals surface area contributed by atoms with Crippen LogP contribution in [0.3, 0.4) is 0 Å². The van der Waals surface area contributed by atoms with Gasteiger partial charge in [0, 0.05) is 32.7 Å². The number of anilines is 2. The first-order chi connectivity index (χ1) is 16.9. The van der Waals surface area contributed by atoms with E-state index in [2.05, 4.69) is 31.0 Å². The van der Waals surface area contributed by atoms with Crippen LogP contribution >= 0.6 is 0 Å². The second kappa shape index (κ2) is 11.8. The maximum atomic E-state index is 15.4. The van der Waals surface area contributed by atoms with Crippen LogP contribution in [0.1, 0.15) is 37.9 Å². The van der Waals surface area contributed by atoms with Crippen LogP contribution in [0, 0.1) is 17.7 Å². The Morgan fingerprint density at radius 1 is 1.20 bits per heavy atom. The van der Waals surface area contributed by atoms with E-state index in [0.29, 0.717) is 45.2 Å². The molecule has 1 aliphatic carbocycles. The van der Waals surface area contributed by atoms with Crippen LogP contribution in [-0.2, 0) is 16.2 Å². The van der Waals surface area contributed by atoms with Crippen molar-refractivity contribution in [1.29, 1.82) is 0 Å². The summed E-state index contributed by atoms with van der Waals surface area (Å²) in [5.41, 5.74) is 4.93. The molecule has 0 spiro atoms. The SMILES string of the molecule is O=C(O)NC[C@@H](CC1CCCC1)C(=O)NNc1nc(CF)nc(N2CCN3CCOC[C@@H]3C2)c1F. The third-order valence-corrected chi connectivity index (χ3v) is 7.00. The van der Waals surface area contributed by atoms with Crippen molar-refractivity contribution >= 4 is 23.6 Å². The highest BCUT2D eigenvalue weighted by molar-refractivity contribution is 5.80. The molecule has 2 aliphatic heterocycles. The predicted octanol–water partition coefficient (Wildman–Crippen LogP) is 1.51. The Balaban J connectivity index is 1.44. The Morgan fingerprint density at radius 3 is 2.74 bits per heavy atom. The van der Waals surface area contributed by atoms with Crippen molar-refractivity contribution in [1.82, 2.24) is 25.6 Å². The fourth-order valence-corrected chi connectivity index (χ4v) is 5.14. The number of carboxylic acid groups (broad SMARTS) is 1. The van der Waals surface area contributed by atoms with Gasteiger partial charge in [0.1, 0.15) is 6.67 Å². The topological polar surface area (TPSA) is 132 Å². The van der Waals surface area contributed by atoms with Crippen LogP contribution in [0.2, 0.25) is 0 Å². The molecule has 2 amide bonds. The van der Waals surface area contributed by atoms with E-state index in [1.807, 2.05) is 0 Å². The minimum atomic E-state index is -1.22. The van der Waals surface area contributed by atoms with Gasteiger partial charge < -0.3 is 20.1 Å². The van der Waals surface area contributed by atoms with E-state index in [1.54, 1.807) is 4.90 Å². The molecular weight excluding hydrogens is 464 g/mol. The van der Waals surface area contributed by atoms with Crippen molar-refractivity contribution in [3.05, 3.63) is 11.6 Å². The number of aromatic nitrogens is 2. The molecule has 11 nitrogen and oxygen atoms in total. The van der Waals surface area contributed by atoms with Gasteiger partial charge in [0.2, 0.25) is 11.7 Å². The number of ether oxygens (including phenoxy) is 1. The number of morpholine rings is 1. The van der Waals surface area contributed by atoms with Gasteiger partial charge in [-0.25, -0.2) is 19.2 Å². The van der Waals surface area contributed by atoms with Gasteiger partial charge in [-0.15, -0.1) is 0 Å². The number of carbonyl (C=O) groups excluding carboxylic acids is 1. The molecule has 3 heterocycles. The number of piperazine rings is 1. The number of hydrogen-bond acceptors (Lipinski definition) is 8. The van der Waals surface area contributed by atoms with E-state index >= 15 is 4.39 Å². The Kier molecular flexibility index (Phi) is 8.50. The van der Waals surface area contributed by atoms with Gasteiger partial charge in [0.25, 0.3) is 0 Å². The van der Waals surface area contributed by atoms with Crippen LogP contribution < -0.4 is 21.1 Å².